The predicted molar refractivity (Wildman–Crippen MR) is 73.7 cm³/mol. The Balaban J connectivity index is 0. The molecule has 2 aliphatic heterocycles. The zero-order valence-electron chi connectivity index (χ0n) is 10.7. The summed E-state index contributed by atoms with van der Waals surface area (Å²) in [6.45, 7) is 2.58. The summed E-state index contributed by atoms with van der Waals surface area (Å²) < 4.78 is 20.0. The number of hydrogen-bond donors (Lipinski definition) is 2. The van der Waals surface area contributed by atoms with Gasteiger partial charge in [0.25, 0.3) is 0 Å². The number of nitrogens with two attached hydrogens (primary N) is 2. The summed E-state index contributed by atoms with van der Waals surface area (Å²) in [4.78, 5) is 0. The minimum Gasteiger partial charge on any atom is -0.377 e. The predicted octanol–water partition coefficient (Wildman–Crippen LogP) is -0.439. The maximum atomic E-state index is 5.54. The van der Waals surface area contributed by atoms with Gasteiger partial charge in [-0.3, -0.25) is 0 Å². The van der Waals surface area contributed by atoms with Crippen molar-refractivity contribution in [2.45, 2.75) is 24.3 Å². The number of rotatable bonds is 2. The Morgan fingerprint density at radius 1 is 0.778 bits per heavy atom. The summed E-state index contributed by atoms with van der Waals surface area (Å²) in [6.07, 6.45) is 0.241. The lowest BCUT2D eigenvalue weighted by molar-refractivity contribution is 0.0777. The molecule has 0 aliphatic carbocycles. The van der Waals surface area contributed by atoms with Crippen LogP contribution in [0.2, 0.25) is 0 Å². The van der Waals surface area contributed by atoms with E-state index in [1.54, 1.807) is 14.2 Å². The first-order valence-electron chi connectivity index (χ1n) is 5.41. The topological polar surface area (TPSA) is 89.0 Å². The van der Waals surface area contributed by atoms with Crippen molar-refractivity contribution in [3.05, 3.63) is 0 Å². The maximum absolute atomic E-state index is 5.54. The molecule has 6 nitrogen and oxygen atoms in total. The van der Waals surface area contributed by atoms with Crippen LogP contribution in [-0.4, -0.2) is 64.9 Å². The fraction of sp³-hybridized carbons (Fsp3) is 1.00. The van der Waals surface area contributed by atoms with Crippen molar-refractivity contribution in [1.29, 1.82) is 0 Å². The van der Waals surface area contributed by atoms with Gasteiger partial charge in [-0.2, -0.15) is 0 Å². The van der Waals surface area contributed by atoms with Crippen LogP contribution in [0.25, 0.3) is 0 Å². The molecular weight excluding hydrogens is 283 g/mol. The first-order valence-corrected chi connectivity index (χ1v) is 5.41. The summed E-state index contributed by atoms with van der Waals surface area (Å²) in [6, 6.07) is 0.167. The zero-order chi connectivity index (χ0) is 12.0. The van der Waals surface area contributed by atoms with Gasteiger partial charge in [-0.1, -0.05) is 0 Å². The van der Waals surface area contributed by atoms with Crippen LogP contribution in [0, 0.1) is 0 Å². The van der Waals surface area contributed by atoms with E-state index in [9.17, 15) is 0 Å². The van der Waals surface area contributed by atoms with Crippen molar-refractivity contribution in [1.82, 2.24) is 0 Å². The lowest BCUT2D eigenvalue weighted by atomic mass is 10.2. The van der Waals surface area contributed by atoms with Gasteiger partial charge >= 0.3 is 0 Å². The van der Waals surface area contributed by atoms with Crippen LogP contribution in [0.4, 0.5) is 0 Å². The second-order valence-corrected chi connectivity index (χ2v) is 3.95. The fourth-order valence-electron chi connectivity index (χ4n) is 1.59. The zero-order valence-corrected chi connectivity index (χ0v) is 12.4. The summed E-state index contributed by atoms with van der Waals surface area (Å²) in [5, 5.41) is 0. The molecule has 0 bridgehead atoms. The van der Waals surface area contributed by atoms with Crippen LogP contribution in [-0.2, 0) is 18.9 Å². The molecule has 4 atom stereocenters. The van der Waals surface area contributed by atoms with Gasteiger partial charge in [-0.05, 0) is 0 Å². The van der Waals surface area contributed by atoms with E-state index in [0.29, 0.717) is 26.4 Å². The number of hydrogen-bond acceptors (Lipinski definition) is 6. The molecule has 2 saturated heterocycles. The van der Waals surface area contributed by atoms with E-state index in [1.165, 1.54) is 0 Å². The van der Waals surface area contributed by atoms with Crippen molar-refractivity contribution in [3.8, 4) is 0 Å². The van der Waals surface area contributed by atoms with E-state index in [1.807, 2.05) is 0 Å². The Morgan fingerprint density at radius 3 is 1.22 bits per heavy atom. The fourth-order valence-corrected chi connectivity index (χ4v) is 1.59. The molecule has 4 N–H and O–H groups in total. The van der Waals surface area contributed by atoms with Crippen LogP contribution >= 0.6 is 24.8 Å². The summed E-state index contributed by atoms with van der Waals surface area (Å²) >= 11 is 0. The average molecular weight is 307 g/mol. The van der Waals surface area contributed by atoms with Crippen LogP contribution in [0.1, 0.15) is 0 Å². The minimum atomic E-state index is 0. The Kier molecular flexibility index (Phi) is 12.8. The molecule has 112 valence electrons. The van der Waals surface area contributed by atoms with Crippen molar-refractivity contribution in [3.63, 3.8) is 0 Å². The van der Waals surface area contributed by atoms with Crippen LogP contribution in [0.3, 0.4) is 0 Å². The van der Waals surface area contributed by atoms with Gasteiger partial charge in [-0.25, -0.2) is 0 Å². The van der Waals surface area contributed by atoms with E-state index in [2.05, 4.69) is 0 Å². The molecule has 0 amide bonds. The number of halogens is 2. The van der Waals surface area contributed by atoms with E-state index in [-0.39, 0.29) is 49.1 Å². The molecule has 0 aromatic heterocycles. The Hall–Kier alpha value is 0.340. The molecule has 18 heavy (non-hydrogen) atoms. The Bertz CT molecular complexity index is 183. The van der Waals surface area contributed by atoms with Gasteiger partial charge in [0.2, 0.25) is 0 Å². The quantitative estimate of drug-likeness (QED) is 0.719. The van der Waals surface area contributed by atoms with Crippen molar-refractivity contribution in [2.24, 2.45) is 11.5 Å². The first-order chi connectivity index (χ1) is 7.69. The number of methoxy groups -OCH3 is 2. The van der Waals surface area contributed by atoms with Gasteiger partial charge in [-0.15, -0.1) is 24.8 Å². The third-order valence-corrected chi connectivity index (χ3v) is 2.75. The number of ether oxygens (including phenoxy) is 4. The molecule has 0 spiro atoms. The summed E-state index contributed by atoms with van der Waals surface area (Å²) in [5.41, 5.74) is 11.1. The molecule has 2 heterocycles. The standard InChI is InChI=1S/2C5H11NO2.2ClH/c2*1-7-5-3-8-2-4(5)6;;/h2*4-5H,2-3,6H2,1H3;2*1H/t2*4-,5-;;/m10../s1. The second-order valence-electron chi connectivity index (χ2n) is 3.95. The highest BCUT2D eigenvalue weighted by atomic mass is 35.5. The largest absolute Gasteiger partial charge is 0.377 e. The highest BCUT2D eigenvalue weighted by molar-refractivity contribution is 5.85. The van der Waals surface area contributed by atoms with E-state index in [4.69, 9.17) is 30.4 Å². The molecule has 0 aromatic carbocycles. The van der Waals surface area contributed by atoms with E-state index < -0.39 is 0 Å². The molecule has 0 saturated carbocycles. The molecular formula is C10H24Cl2N2O4. The van der Waals surface area contributed by atoms with E-state index >= 15 is 0 Å². The van der Waals surface area contributed by atoms with Gasteiger partial charge in [0.1, 0.15) is 0 Å². The van der Waals surface area contributed by atoms with Gasteiger partial charge in [0.15, 0.2) is 0 Å². The van der Waals surface area contributed by atoms with Gasteiger partial charge in [0, 0.05) is 14.2 Å². The van der Waals surface area contributed by atoms with E-state index in [0.717, 1.165) is 0 Å². The highest BCUT2D eigenvalue weighted by Gasteiger charge is 2.24. The Morgan fingerprint density at radius 2 is 1.11 bits per heavy atom. The highest BCUT2D eigenvalue weighted by Crippen LogP contribution is 2.05. The minimum absolute atomic E-state index is 0. The normalized spacial score (nSPS) is 34.0. The maximum Gasteiger partial charge on any atom is 0.0977 e. The SMILES string of the molecule is CO[C@@H]1COC[C@H]1N.CO[C@H]1COC[C@@H]1N.Cl.Cl. The lowest BCUT2D eigenvalue weighted by Gasteiger charge is -2.08. The molecule has 0 unspecified atom stereocenters. The second kappa shape index (κ2) is 11.2. The molecule has 2 aliphatic rings. The van der Waals surface area contributed by atoms with Crippen molar-refractivity contribution in [2.75, 3.05) is 40.6 Å². The third kappa shape index (κ3) is 6.49. The van der Waals surface area contributed by atoms with Gasteiger partial charge in [0.05, 0.1) is 50.7 Å². The first kappa shape index (κ1) is 20.7. The van der Waals surface area contributed by atoms with Crippen LogP contribution < -0.4 is 11.5 Å². The Labute approximate surface area is 120 Å². The molecule has 0 aromatic rings. The lowest BCUT2D eigenvalue weighted by Crippen LogP contribution is -2.34. The average Bonchev–Trinajstić information content (AvgIpc) is 2.87. The van der Waals surface area contributed by atoms with Crippen LogP contribution in [0.15, 0.2) is 0 Å². The molecule has 2 rings (SSSR count). The van der Waals surface area contributed by atoms with Crippen LogP contribution in [0.5, 0.6) is 0 Å². The summed E-state index contributed by atoms with van der Waals surface area (Å²) in [7, 11) is 3.30. The monoisotopic (exact) mass is 306 g/mol. The molecule has 0 radical (unpaired) electrons. The van der Waals surface area contributed by atoms with Crippen molar-refractivity contribution >= 4 is 24.8 Å². The smallest absolute Gasteiger partial charge is 0.0977 e. The molecule has 8 heteroatoms. The van der Waals surface area contributed by atoms with Gasteiger partial charge < -0.3 is 30.4 Å². The summed E-state index contributed by atoms with van der Waals surface area (Å²) in [5.74, 6) is 0. The third-order valence-electron chi connectivity index (χ3n) is 2.75. The van der Waals surface area contributed by atoms with Crippen molar-refractivity contribution < 1.29 is 18.9 Å². The molecule has 2 fully saturated rings.